The van der Waals surface area contributed by atoms with Crippen LogP contribution in [0.1, 0.15) is 66.8 Å². The second-order valence-electron chi connectivity index (χ2n) is 10.5. The lowest BCUT2D eigenvalue weighted by Crippen LogP contribution is -2.26. The highest BCUT2D eigenvalue weighted by atomic mass is 19.1. The second kappa shape index (κ2) is 12.0. The van der Waals surface area contributed by atoms with Crippen molar-refractivity contribution in [1.29, 1.82) is 0 Å². The number of halogens is 1. The first kappa shape index (κ1) is 25.5. The summed E-state index contributed by atoms with van der Waals surface area (Å²) < 4.78 is 18.9. The van der Waals surface area contributed by atoms with Crippen molar-refractivity contribution in [3.05, 3.63) is 94.5 Å². The third-order valence-electron chi connectivity index (χ3n) is 7.70. The van der Waals surface area contributed by atoms with E-state index in [2.05, 4.69) is 72.5 Å². The molecule has 1 atom stereocenters. The number of allylic oxidation sites excluding steroid dienone is 1. The summed E-state index contributed by atoms with van der Waals surface area (Å²) in [5.41, 5.74) is 16.2. The molecule has 0 saturated carbocycles. The Morgan fingerprint density at radius 2 is 1.76 bits per heavy atom. The van der Waals surface area contributed by atoms with Crippen LogP contribution in [-0.2, 0) is 12.8 Å². The molecule has 0 amide bonds. The standard InChI is InChI=1S/C33H39FN2O/c1-2-5-24-8-10-25(11-9-24)31-7-3-6-27-22-28(35)14-17-32(27)33(31)26-12-15-29(16-13-26)37-30-18-21-36(23-30)20-4-19-34/h8-17,22,30H,2-7,18-21,23,35H2,1H3. The van der Waals surface area contributed by atoms with Crippen LogP contribution in [0.3, 0.4) is 0 Å². The number of benzene rings is 3. The fourth-order valence-electron chi connectivity index (χ4n) is 5.86. The molecule has 3 aromatic rings. The van der Waals surface area contributed by atoms with Crippen molar-refractivity contribution in [2.75, 3.05) is 32.0 Å². The Bertz CT molecular complexity index is 1220. The molecule has 0 radical (unpaired) electrons. The van der Waals surface area contributed by atoms with E-state index >= 15 is 0 Å². The number of fused-ring (bicyclic) bond motifs is 1. The van der Waals surface area contributed by atoms with Gasteiger partial charge in [0.2, 0.25) is 0 Å². The Hall–Kier alpha value is -3.11. The van der Waals surface area contributed by atoms with Crippen LogP contribution in [0, 0.1) is 0 Å². The molecule has 37 heavy (non-hydrogen) atoms. The Labute approximate surface area is 221 Å². The molecule has 2 N–H and O–H groups in total. The molecule has 2 aliphatic rings. The van der Waals surface area contributed by atoms with E-state index in [0.29, 0.717) is 6.42 Å². The minimum atomic E-state index is -0.250. The summed E-state index contributed by atoms with van der Waals surface area (Å²) in [6.07, 6.45) is 7.21. The Morgan fingerprint density at radius 1 is 0.973 bits per heavy atom. The van der Waals surface area contributed by atoms with E-state index in [1.807, 2.05) is 6.07 Å². The molecule has 1 unspecified atom stereocenters. The minimum absolute atomic E-state index is 0.170. The molecular weight excluding hydrogens is 459 g/mol. The number of anilines is 1. The fraction of sp³-hybridized carbons (Fsp3) is 0.394. The van der Waals surface area contributed by atoms with Gasteiger partial charge in [0.05, 0.1) is 6.67 Å². The maximum Gasteiger partial charge on any atom is 0.119 e. The molecule has 3 aromatic carbocycles. The molecule has 5 rings (SSSR count). The van der Waals surface area contributed by atoms with E-state index in [0.717, 1.165) is 69.6 Å². The number of nitrogens with two attached hydrogens (primary N) is 1. The third-order valence-corrected chi connectivity index (χ3v) is 7.70. The maximum absolute atomic E-state index is 12.5. The predicted molar refractivity (Wildman–Crippen MR) is 153 cm³/mol. The number of rotatable bonds is 9. The van der Waals surface area contributed by atoms with Crippen LogP contribution in [0.25, 0.3) is 11.1 Å². The number of nitrogens with zero attached hydrogens (tertiary/aromatic N) is 1. The van der Waals surface area contributed by atoms with Crippen molar-refractivity contribution in [1.82, 2.24) is 4.90 Å². The summed E-state index contributed by atoms with van der Waals surface area (Å²) in [6, 6.07) is 24.2. The lowest BCUT2D eigenvalue weighted by molar-refractivity contribution is 0.198. The monoisotopic (exact) mass is 498 g/mol. The molecule has 0 aromatic heterocycles. The van der Waals surface area contributed by atoms with Gasteiger partial charge in [0.15, 0.2) is 0 Å². The SMILES string of the molecule is CCCc1ccc(C2=C(c3ccc(OC4CCN(CCCF)C4)cc3)c3ccc(N)cc3CCC2)cc1. The van der Waals surface area contributed by atoms with E-state index in [1.165, 1.54) is 39.0 Å². The summed E-state index contributed by atoms with van der Waals surface area (Å²) in [5, 5.41) is 0. The number of likely N-dealkylation sites (tertiary alicyclic amines) is 1. The molecule has 1 heterocycles. The molecule has 1 aliphatic heterocycles. The molecule has 1 saturated heterocycles. The van der Waals surface area contributed by atoms with Gasteiger partial charge in [-0.3, -0.25) is 9.29 Å². The smallest absolute Gasteiger partial charge is 0.119 e. The summed E-state index contributed by atoms with van der Waals surface area (Å²) in [4.78, 5) is 2.30. The van der Waals surface area contributed by atoms with Gasteiger partial charge in [-0.05, 0) is 102 Å². The largest absolute Gasteiger partial charge is 0.489 e. The molecule has 1 fully saturated rings. The zero-order chi connectivity index (χ0) is 25.6. The third kappa shape index (κ3) is 6.07. The topological polar surface area (TPSA) is 38.5 Å². The quantitative estimate of drug-likeness (QED) is 0.314. The molecule has 194 valence electrons. The number of hydrogen-bond acceptors (Lipinski definition) is 3. The zero-order valence-electron chi connectivity index (χ0n) is 22.0. The number of aryl methyl sites for hydroxylation is 2. The zero-order valence-corrected chi connectivity index (χ0v) is 22.0. The first-order valence-electron chi connectivity index (χ1n) is 13.9. The first-order valence-corrected chi connectivity index (χ1v) is 13.9. The van der Waals surface area contributed by atoms with Crippen molar-refractivity contribution in [2.45, 2.75) is 58.0 Å². The van der Waals surface area contributed by atoms with Crippen LogP contribution in [0.4, 0.5) is 10.1 Å². The molecule has 1 aliphatic carbocycles. The van der Waals surface area contributed by atoms with Gasteiger partial charge in [0.1, 0.15) is 11.9 Å². The Morgan fingerprint density at radius 3 is 2.51 bits per heavy atom. The van der Waals surface area contributed by atoms with Crippen molar-refractivity contribution >= 4 is 16.8 Å². The first-order chi connectivity index (χ1) is 18.1. The highest BCUT2D eigenvalue weighted by molar-refractivity contribution is 6.00. The van der Waals surface area contributed by atoms with Crippen LogP contribution >= 0.6 is 0 Å². The van der Waals surface area contributed by atoms with Crippen LogP contribution in [0.15, 0.2) is 66.7 Å². The van der Waals surface area contributed by atoms with E-state index < -0.39 is 0 Å². The molecule has 3 nitrogen and oxygen atoms in total. The van der Waals surface area contributed by atoms with Crippen LogP contribution < -0.4 is 10.5 Å². The van der Waals surface area contributed by atoms with Crippen molar-refractivity contribution in [3.63, 3.8) is 0 Å². The number of nitrogen functional groups attached to an aromatic ring is 1. The van der Waals surface area contributed by atoms with Gasteiger partial charge in [-0.25, -0.2) is 0 Å². The lowest BCUT2D eigenvalue weighted by atomic mass is 9.87. The van der Waals surface area contributed by atoms with E-state index in [9.17, 15) is 4.39 Å². The van der Waals surface area contributed by atoms with Crippen LogP contribution in [0.2, 0.25) is 0 Å². The normalized spacial score (nSPS) is 18.1. The van der Waals surface area contributed by atoms with Crippen LogP contribution in [-0.4, -0.2) is 37.3 Å². The van der Waals surface area contributed by atoms with Gasteiger partial charge in [-0.1, -0.05) is 55.8 Å². The minimum Gasteiger partial charge on any atom is -0.489 e. The highest BCUT2D eigenvalue weighted by Crippen LogP contribution is 2.41. The van der Waals surface area contributed by atoms with Gasteiger partial charge in [-0.2, -0.15) is 0 Å². The fourth-order valence-corrected chi connectivity index (χ4v) is 5.86. The predicted octanol–water partition coefficient (Wildman–Crippen LogP) is 7.33. The Kier molecular flexibility index (Phi) is 8.25. The number of hydrogen-bond donors (Lipinski definition) is 1. The van der Waals surface area contributed by atoms with Gasteiger partial charge < -0.3 is 10.5 Å². The highest BCUT2D eigenvalue weighted by Gasteiger charge is 2.24. The summed E-state index contributed by atoms with van der Waals surface area (Å²) in [6.45, 7) is 4.65. The lowest BCUT2D eigenvalue weighted by Gasteiger charge is -2.19. The Balaban J connectivity index is 1.45. The average molecular weight is 499 g/mol. The summed E-state index contributed by atoms with van der Waals surface area (Å²) in [7, 11) is 0. The van der Waals surface area contributed by atoms with Gasteiger partial charge in [0, 0.05) is 25.3 Å². The summed E-state index contributed by atoms with van der Waals surface area (Å²) in [5.74, 6) is 0.901. The van der Waals surface area contributed by atoms with Gasteiger partial charge in [-0.15, -0.1) is 0 Å². The molecule has 0 spiro atoms. The van der Waals surface area contributed by atoms with E-state index in [4.69, 9.17) is 10.5 Å². The second-order valence-corrected chi connectivity index (χ2v) is 10.5. The average Bonchev–Trinajstić information content (AvgIpc) is 3.27. The number of alkyl halides is 1. The molecule has 4 heteroatoms. The van der Waals surface area contributed by atoms with Gasteiger partial charge >= 0.3 is 0 Å². The van der Waals surface area contributed by atoms with Crippen molar-refractivity contribution in [2.24, 2.45) is 0 Å². The van der Waals surface area contributed by atoms with Crippen LogP contribution in [0.5, 0.6) is 5.75 Å². The van der Waals surface area contributed by atoms with Crippen molar-refractivity contribution < 1.29 is 9.13 Å². The van der Waals surface area contributed by atoms with Gasteiger partial charge in [0.25, 0.3) is 0 Å². The molecule has 0 bridgehead atoms. The molecular formula is C33H39FN2O. The summed E-state index contributed by atoms with van der Waals surface area (Å²) >= 11 is 0. The maximum atomic E-state index is 12.5. The van der Waals surface area contributed by atoms with E-state index in [1.54, 1.807) is 0 Å². The van der Waals surface area contributed by atoms with Crippen molar-refractivity contribution in [3.8, 4) is 5.75 Å². The van der Waals surface area contributed by atoms with E-state index in [-0.39, 0.29) is 12.8 Å². The number of ether oxygens (including phenoxy) is 1.